The molecule has 0 aromatic rings. The fraction of sp³-hybridized carbons (Fsp3) is 0.676. The minimum absolute atomic E-state index is 0.132. The maximum Gasteiger partial charge on any atom is 0.472 e. The van der Waals surface area contributed by atoms with Crippen molar-refractivity contribution in [2.75, 3.05) is 19.8 Å². The molecular formula is C34H58NO10P. The molecule has 3 unspecified atom stereocenters. The fourth-order valence-corrected chi connectivity index (χ4v) is 4.71. The van der Waals surface area contributed by atoms with Crippen LogP contribution in [0.15, 0.2) is 48.6 Å². The number of aliphatic carboxylic acids is 1. The first-order chi connectivity index (χ1) is 22.1. The molecule has 0 saturated heterocycles. The standard InChI is InChI=1S/C34H58NO10P/c1-3-5-7-9-10-11-12-13-14-15-16-17-18-19-20-22-24-26-33(37)45-30(27-42-32(36)25-23-21-8-6-4-2)28-43-46(40,41)44-29-31(35)34(38)39/h5,7,10-11,13-14,16-17,30-31H,3-4,6,8-9,12,15,18-29,35H2,1-2H3,(H,38,39)(H,40,41)/b7-5-,11-10-,14-13-,17-16-. The average molecular weight is 672 g/mol. The number of carbonyl (C=O) groups is 3. The molecule has 0 aliphatic heterocycles. The summed E-state index contributed by atoms with van der Waals surface area (Å²) in [7, 11) is -4.70. The van der Waals surface area contributed by atoms with Gasteiger partial charge in [-0.2, -0.15) is 0 Å². The van der Waals surface area contributed by atoms with Crippen LogP contribution in [0.25, 0.3) is 0 Å². The monoisotopic (exact) mass is 671 g/mol. The number of carboxylic acid groups (broad SMARTS) is 1. The molecule has 0 aliphatic carbocycles. The average Bonchev–Trinajstić information content (AvgIpc) is 3.02. The largest absolute Gasteiger partial charge is 0.480 e. The zero-order valence-electron chi connectivity index (χ0n) is 27.9. The molecule has 0 radical (unpaired) electrons. The van der Waals surface area contributed by atoms with Crippen molar-refractivity contribution in [1.29, 1.82) is 0 Å². The van der Waals surface area contributed by atoms with E-state index < -0.39 is 51.1 Å². The molecule has 0 amide bonds. The number of rotatable bonds is 30. The van der Waals surface area contributed by atoms with Crippen LogP contribution in [0.2, 0.25) is 0 Å². The Morgan fingerprint density at radius 1 is 0.696 bits per heavy atom. The van der Waals surface area contributed by atoms with Crippen LogP contribution >= 0.6 is 7.82 Å². The summed E-state index contributed by atoms with van der Waals surface area (Å²) in [5.74, 6) is -2.44. The Bertz CT molecular complexity index is 979. The minimum atomic E-state index is -4.70. The van der Waals surface area contributed by atoms with Gasteiger partial charge in [0.05, 0.1) is 13.2 Å². The Hall–Kier alpha value is -2.56. The lowest BCUT2D eigenvalue weighted by molar-refractivity contribution is -0.161. The summed E-state index contributed by atoms with van der Waals surface area (Å²) in [5.41, 5.74) is 5.28. The quantitative estimate of drug-likeness (QED) is 0.0299. The van der Waals surface area contributed by atoms with Gasteiger partial charge in [-0.15, -0.1) is 0 Å². The van der Waals surface area contributed by atoms with E-state index in [4.69, 9.17) is 24.8 Å². The van der Waals surface area contributed by atoms with E-state index in [2.05, 4.69) is 67.0 Å². The van der Waals surface area contributed by atoms with Crippen molar-refractivity contribution in [2.45, 2.75) is 129 Å². The van der Waals surface area contributed by atoms with Crippen LogP contribution in [-0.2, 0) is 37.5 Å². The van der Waals surface area contributed by atoms with Crippen LogP contribution in [0.5, 0.6) is 0 Å². The third-order valence-electron chi connectivity index (χ3n) is 6.59. The van der Waals surface area contributed by atoms with Crippen molar-refractivity contribution in [2.24, 2.45) is 5.73 Å². The van der Waals surface area contributed by atoms with Gasteiger partial charge in [0.2, 0.25) is 0 Å². The van der Waals surface area contributed by atoms with Crippen molar-refractivity contribution >= 4 is 25.7 Å². The summed E-state index contributed by atoms with van der Waals surface area (Å²) >= 11 is 0. The van der Waals surface area contributed by atoms with Crippen molar-refractivity contribution < 1.29 is 47.5 Å². The van der Waals surface area contributed by atoms with Crippen molar-refractivity contribution in [3.8, 4) is 0 Å². The van der Waals surface area contributed by atoms with Crippen molar-refractivity contribution in [1.82, 2.24) is 0 Å². The first kappa shape index (κ1) is 43.4. The van der Waals surface area contributed by atoms with Crippen LogP contribution in [0.4, 0.5) is 0 Å². The second-order valence-corrected chi connectivity index (χ2v) is 12.4. The Labute approximate surface area is 275 Å². The van der Waals surface area contributed by atoms with E-state index in [0.717, 1.165) is 77.0 Å². The molecule has 0 heterocycles. The zero-order chi connectivity index (χ0) is 34.3. The molecule has 0 aromatic heterocycles. The predicted molar refractivity (Wildman–Crippen MR) is 180 cm³/mol. The maximum atomic E-state index is 12.5. The number of phosphoric ester groups is 1. The first-order valence-electron chi connectivity index (χ1n) is 16.7. The van der Waals surface area contributed by atoms with Crippen LogP contribution < -0.4 is 5.73 Å². The van der Waals surface area contributed by atoms with E-state index in [-0.39, 0.29) is 19.4 Å². The van der Waals surface area contributed by atoms with E-state index in [9.17, 15) is 23.8 Å². The van der Waals surface area contributed by atoms with Gasteiger partial charge in [-0.25, -0.2) is 4.57 Å². The molecule has 3 atom stereocenters. The van der Waals surface area contributed by atoms with E-state index in [1.807, 2.05) is 0 Å². The van der Waals surface area contributed by atoms with Gasteiger partial charge in [-0.05, 0) is 51.4 Å². The van der Waals surface area contributed by atoms with Gasteiger partial charge in [0.1, 0.15) is 12.6 Å². The van der Waals surface area contributed by atoms with Gasteiger partial charge in [0.15, 0.2) is 6.10 Å². The second-order valence-electron chi connectivity index (χ2n) is 10.9. The summed E-state index contributed by atoms with van der Waals surface area (Å²) in [6.45, 7) is 2.51. The highest BCUT2D eigenvalue weighted by Gasteiger charge is 2.28. The molecule has 46 heavy (non-hydrogen) atoms. The number of ether oxygens (including phenoxy) is 2. The SMILES string of the molecule is CC/C=C\C/C=C\C/C=C\C/C=C\CCCCCCC(=O)OC(COC(=O)CCCCCCC)COP(=O)(O)OCC(N)C(=O)O. The third-order valence-corrected chi connectivity index (χ3v) is 7.54. The van der Waals surface area contributed by atoms with Crippen molar-refractivity contribution in [3.05, 3.63) is 48.6 Å². The van der Waals surface area contributed by atoms with Crippen LogP contribution in [0.3, 0.4) is 0 Å². The number of hydrogen-bond donors (Lipinski definition) is 3. The number of esters is 2. The summed E-state index contributed by atoms with van der Waals surface area (Å²) in [6, 6.07) is -1.52. The molecule has 0 aliphatic rings. The summed E-state index contributed by atoms with van der Waals surface area (Å²) in [5, 5.41) is 8.81. The minimum Gasteiger partial charge on any atom is -0.480 e. The van der Waals surface area contributed by atoms with Gasteiger partial charge in [0, 0.05) is 12.8 Å². The number of nitrogens with two attached hydrogens (primary N) is 1. The van der Waals surface area contributed by atoms with Gasteiger partial charge in [0.25, 0.3) is 0 Å². The van der Waals surface area contributed by atoms with Gasteiger partial charge >= 0.3 is 25.7 Å². The number of hydrogen-bond acceptors (Lipinski definition) is 9. The third kappa shape index (κ3) is 28.9. The molecule has 0 rings (SSSR count). The summed E-state index contributed by atoms with van der Waals surface area (Å²) < 4.78 is 32.2. The van der Waals surface area contributed by atoms with E-state index in [1.165, 1.54) is 0 Å². The number of allylic oxidation sites excluding steroid dienone is 8. The predicted octanol–water partition coefficient (Wildman–Crippen LogP) is 7.49. The number of unbranched alkanes of at least 4 members (excludes halogenated alkanes) is 8. The van der Waals surface area contributed by atoms with Crippen LogP contribution in [0, 0.1) is 0 Å². The van der Waals surface area contributed by atoms with Crippen LogP contribution in [0.1, 0.15) is 117 Å². The van der Waals surface area contributed by atoms with Gasteiger partial charge < -0.3 is 25.2 Å². The fourth-order valence-electron chi connectivity index (χ4n) is 3.93. The normalized spacial score (nSPS) is 14.7. The first-order valence-corrected chi connectivity index (χ1v) is 18.2. The summed E-state index contributed by atoms with van der Waals surface area (Å²) in [4.78, 5) is 45.3. The number of carboxylic acids is 1. The second kappa shape index (κ2) is 29.8. The lowest BCUT2D eigenvalue weighted by Gasteiger charge is -2.20. The molecule has 0 spiro atoms. The number of carbonyl (C=O) groups excluding carboxylic acids is 2. The van der Waals surface area contributed by atoms with Crippen molar-refractivity contribution in [3.63, 3.8) is 0 Å². The smallest absolute Gasteiger partial charge is 0.472 e. The summed E-state index contributed by atoms with van der Waals surface area (Å²) in [6.07, 6.45) is 29.5. The Balaban J connectivity index is 4.45. The van der Waals surface area contributed by atoms with Crippen LogP contribution in [-0.4, -0.2) is 59.9 Å². The van der Waals surface area contributed by atoms with Gasteiger partial charge in [-0.3, -0.25) is 23.4 Å². The molecule has 0 bridgehead atoms. The van der Waals surface area contributed by atoms with E-state index >= 15 is 0 Å². The highest BCUT2D eigenvalue weighted by atomic mass is 31.2. The Kier molecular flexibility index (Phi) is 28.2. The Morgan fingerprint density at radius 2 is 1.22 bits per heavy atom. The lowest BCUT2D eigenvalue weighted by atomic mass is 10.1. The molecule has 12 heteroatoms. The molecule has 0 saturated carbocycles. The van der Waals surface area contributed by atoms with E-state index in [0.29, 0.717) is 12.8 Å². The topological polar surface area (TPSA) is 172 Å². The highest BCUT2D eigenvalue weighted by Crippen LogP contribution is 2.43. The van der Waals surface area contributed by atoms with E-state index in [1.54, 1.807) is 0 Å². The molecular weight excluding hydrogens is 613 g/mol. The zero-order valence-corrected chi connectivity index (χ0v) is 28.8. The molecule has 0 fully saturated rings. The molecule has 0 aromatic carbocycles. The Morgan fingerprint density at radius 3 is 1.80 bits per heavy atom. The molecule has 4 N–H and O–H groups in total. The van der Waals surface area contributed by atoms with Gasteiger partial charge in [-0.1, -0.05) is 101 Å². The maximum absolute atomic E-state index is 12.5. The number of phosphoric acid groups is 1. The molecule has 264 valence electrons. The lowest BCUT2D eigenvalue weighted by Crippen LogP contribution is -2.34. The molecule has 11 nitrogen and oxygen atoms in total. The highest BCUT2D eigenvalue weighted by molar-refractivity contribution is 7.47.